The molecule has 0 atom stereocenters. The average molecular weight is 362 g/mol. The van der Waals surface area contributed by atoms with Crippen LogP contribution < -0.4 is 19.6 Å². The van der Waals surface area contributed by atoms with E-state index in [-0.39, 0.29) is 11.1 Å². The van der Waals surface area contributed by atoms with Gasteiger partial charge in [0.15, 0.2) is 23.0 Å². The fourth-order valence-electron chi connectivity index (χ4n) is 2.13. The topological polar surface area (TPSA) is 130 Å². The molecular formula is C17H18N2O7. The van der Waals surface area contributed by atoms with Crippen LogP contribution in [0.15, 0.2) is 29.4 Å². The lowest BCUT2D eigenvalue weighted by molar-refractivity contribution is 0.0954. The number of nitrogens with zero attached hydrogens (tertiary/aromatic N) is 1. The molecule has 26 heavy (non-hydrogen) atoms. The molecule has 0 aromatic heterocycles. The molecular weight excluding hydrogens is 344 g/mol. The average Bonchev–Trinajstić information content (AvgIpc) is 2.66. The maximum Gasteiger partial charge on any atom is 0.271 e. The van der Waals surface area contributed by atoms with Crippen molar-refractivity contribution in [2.75, 3.05) is 21.3 Å². The third-order valence-corrected chi connectivity index (χ3v) is 3.46. The minimum Gasteiger partial charge on any atom is -0.504 e. The maximum absolute atomic E-state index is 12.2. The van der Waals surface area contributed by atoms with Gasteiger partial charge in [-0.2, -0.15) is 5.10 Å². The summed E-state index contributed by atoms with van der Waals surface area (Å²) in [5, 5.41) is 32.1. The Morgan fingerprint density at radius 3 is 2.15 bits per heavy atom. The number of amides is 1. The summed E-state index contributed by atoms with van der Waals surface area (Å²) in [4.78, 5) is 12.2. The number of nitrogens with one attached hydrogen (secondary N) is 1. The number of hydrazone groups is 1. The third kappa shape index (κ3) is 3.72. The number of aromatic hydroxyl groups is 3. The van der Waals surface area contributed by atoms with E-state index in [9.17, 15) is 20.1 Å². The third-order valence-electron chi connectivity index (χ3n) is 3.46. The summed E-state index contributed by atoms with van der Waals surface area (Å²) in [5.74, 6) is -1.31. The van der Waals surface area contributed by atoms with Crippen LogP contribution in [0.3, 0.4) is 0 Å². The van der Waals surface area contributed by atoms with Gasteiger partial charge < -0.3 is 29.5 Å². The SMILES string of the molecule is COc1cc(C(=O)N/N=C/c2ccc(O)c(O)c2O)cc(OC)c1OC. The summed E-state index contributed by atoms with van der Waals surface area (Å²) in [7, 11) is 4.30. The smallest absolute Gasteiger partial charge is 0.271 e. The number of phenols is 3. The first kappa shape index (κ1) is 18.7. The van der Waals surface area contributed by atoms with Crippen molar-refractivity contribution >= 4 is 12.1 Å². The van der Waals surface area contributed by atoms with E-state index in [1.807, 2.05) is 0 Å². The molecule has 0 aliphatic carbocycles. The number of carbonyl (C=O) groups is 1. The van der Waals surface area contributed by atoms with Gasteiger partial charge in [-0.1, -0.05) is 0 Å². The zero-order valence-corrected chi connectivity index (χ0v) is 14.3. The van der Waals surface area contributed by atoms with Crippen molar-refractivity contribution in [1.29, 1.82) is 0 Å². The molecule has 0 fully saturated rings. The number of hydrogen-bond acceptors (Lipinski definition) is 8. The molecule has 0 saturated carbocycles. The number of hydrogen-bond donors (Lipinski definition) is 4. The highest BCUT2D eigenvalue weighted by molar-refractivity contribution is 5.96. The van der Waals surface area contributed by atoms with E-state index < -0.39 is 23.2 Å². The molecule has 0 bridgehead atoms. The fourth-order valence-corrected chi connectivity index (χ4v) is 2.13. The Labute approximate surface area is 149 Å². The number of rotatable bonds is 6. The normalized spacial score (nSPS) is 10.6. The molecule has 4 N–H and O–H groups in total. The molecule has 2 rings (SSSR count). The van der Waals surface area contributed by atoms with Crippen LogP contribution in [-0.4, -0.2) is 48.8 Å². The second kappa shape index (κ2) is 7.97. The first-order chi connectivity index (χ1) is 12.4. The molecule has 2 aromatic carbocycles. The Hall–Kier alpha value is -3.62. The Balaban J connectivity index is 2.21. The van der Waals surface area contributed by atoms with E-state index in [0.29, 0.717) is 17.2 Å². The molecule has 0 saturated heterocycles. The number of benzene rings is 2. The number of carbonyl (C=O) groups excluding carboxylic acids is 1. The molecule has 0 heterocycles. The molecule has 9 nitrogen and oxygen atoms in total. The van der Waals surface area contributed by atoms with Crippen LogP contribution in [0, 0.1) is 0 Å². The summed E-state index contributed by atoms with van der Waals surface area (Å²) in [6.07, 6.45) is 1.12. The largest absolute Gasteiger partial charge is 0.504 e. The predicted molar refractivity (Wildman–Crippen MR) is 92.6 cm³/mol. The molecule has 0 spiro atoms. The molecule has 138 valence electrons. The van der Waals surface area contributed by atoms with E-state index in [2.05, 4.69) is 10.5 Å². The molecule has 0 aliphatic heterocycles. The zero-order valence-electron chi connectivity index (χ0n) is 14.3. The van der Waals surface area contributed by atoms with Gasteiger partial charge in [0.05, 0.1) is 27.5 Å². The molecule has 2 aromatic rings. The number of phenolic OH excluding ortho intramolecular Hbond substituents is 3. The van der Waals surface area contributed by atoms with E-state index in [4.69, 9.17) is 14.2 Å². The van der Waals surface area contributed by atoms with Crippen molar-refractivity contribution < 1.29 is 34.3 Å². The maximum atomic E-state index is 12.2. The van der Waals surface area contributed by atoms with E-state index in [1.165, 1.54) is 45.6 Å². The van der Waals surface area contributed by atoms with Crippen molar-refractivity contribution in [3.8, 4) is 34.5 Å². The number of methoxy groups -OCH3 is 3. The van der Waals surface area contributed by atoms with E-state index in [1.54, 1.807) is 0 Å². The first-order valence-electron chi connectivity index (χ1n) is 7.30. The molecule has 0 aliphatic rings. The van der Waals surface area contributed by atoms with Gasteiger partial charge in [0, 0.05) is 11.1 Å². The predicted octanol–water partition coefficient (Wildman–Crippen LogP) is 1.59. The lowest BCUT2D eigenvalue weighted by Gasteiger charge is -2.13. The second-order valence-electron chi connectivity index (χ2n) is 4.98. The molecule has 9 heteroatoms. The summed E-state index contributed by atoms with van der Waals surface area (Å²) in [6.45, 7) is 0. The van der Waals surface area contributed by atoms with Gasteiger partial charge in [-0.25, -0.2) is 5.43 Å². The highest BCUT2D eigenvalue weighted by Gasteiger charge is 2.17. The van der Waals surface area contributed by atoms with Crippen LogP contribution >= 0.6 is 0 Å². The minimum absolute atomic E-state index is 0.102. The Morgan fingerprint density at radius 2 is 1.62 bits per heavy atom. The van der Waals surface area contributed by atoms with Crippen LogP contribution in [-0.2, 0) is 0 Å². The van der Waals surface area contributed by atoms with Gasteiger partial charge in [-0.15, -0.1) is 0 Å². The van der Waals surface area contributed by atoms with Crippen molar-refractivity contribution in [3.63, 3.8) is 0 Å². The monoisotopic (exact) mass is 362 g/mol. The number of ether oxygens (including phenoxy) is 3. The van der Waals surface area contributed by atoms with Crippen LogP contribution in [0.1, 0.15) is 15.9 Å². The Bertz CT molecular complexity index is 824. The Morgan fingerprint density at radius 1 is 1.00 bits per heavy atom. The van der Waals surface area contributed by atoms with Gasteiger partial charge in [0.25, 0.3) is 5.91 Å². The van der Waals surface area contributed by atoms with Gasteiger partial charge >= 0.3 is 0 Å². The van der Waals surface area contributed by atoms with Crippen molar-refractivity contribution in [2.45, 2.75) is 0 Å². The lowest BCUT2D eigenvalue weighted by Crippen LogP contribution is -2.18. The molecule has 0 unspecified atom stereocenters. The van der Waals surface area contributed by atoms with Crippen molar-refractivity contribution in [1.82, 2.24) is 5.43 Å². The Kier molecular flexibility index (Phi) is 5.74. The minimum atomic E-state index is -0.676. The molecule has 0 radical (unpaired) electrons. The van der Waals surface area contributed by atoms with Crippen LogP contribution in [0.25, 0.3) is 0 Å². The van der Waals surface area contributed by atoms with Gasteiger partial charge in [-0.05, 0) is 24.3 Å². The van der Waals surface area contributed by atoms with Crippen molar-refractivity contribution in [3.05, 3.63) is 35.4 Å². The van der Waals surface area contributed by atoms with Gasteiger partial charge in [-0.3, -0.25) is 4.79 Å². The molecule has 1 amide bonds. The lowest BCUT2D eigenvalue weighted by atomic mass is 10.1. The standard InChI is InChI=1S/C17H18N2O7/c1-24-12-6-10(7-13(25-2)16(12)26-3)17(23)19-18-8-9-4-5-11(20)15(22)14(9)21/h4-8,20-22H,1-3H3,(H,19,23)/b18-8+. The summed E-state index contributed by atoms with van der Waals surface area (Å²) in [6, 6.07) is 5.41. The summed E-state index contributed by atoms with van der Waals surface area (Å²) in [5.41, 5.74) is 2.58. The van der Waals surface area contributed by atoms with E-state index in [0.717, 1.165) is 6.21 Å². The van der Waals surface area contributed by atoms with Crippen LogP contribution in [0.4, 0.5) is 0 Å². The van der Waals surface area contributed by atoms with Crippen LogP contribution in [0.2, 0.25) is 0 Å². The summed E-state index contributed by atoms with van der Waals surface area (Å²) >= 11 is 0. The van der Waals surface area contributed by atoms with Crippen LogP contribution in [0.5, 0.6) is 34.5 Å². The highest BCUT2D eigenvalue weighted by atomic mass is 16.5. The highest BCUT2D eigenvalue weighted by Crippen LogP contribution is 2.38. The quantitative estimate of drug-likeness (QED) is 0.349. The second-order valence-corrected chi connectivity index (χ2v) is 4.98. The fraction of sp³-hybridized carbons (Fsp3) is 0.176. The summed E-state index contributed by atoms with van der Waals surface area (Å²) < 4.78 is 15.5. The zero-order chi connectivity index (χ0) is 19.3. The first-order valence-corrected chi connectivity index (χ1v) is 7.30. The van der Waals surface area contributed by atoms with E-state index >= 15 is 0 Å². The van der Waals surface area contributed by atoms with Crippen molar-refractivity contribution in [2.24, 2.45) is 5.10 Å². The van der Waals surface area contributed by atoms with Gasteiger partial charge in [0.2, 0.25) is 11.5 Å². The van der Waals surface area contributed by atoms with Gasteiger partial charge in [0.1, 0.15) is 0 Å².